The molecule has 0 amide bonds. The van der Waals surface area contributed by atoms with Crippen LogP contribution in [0.5, 0.6) is 0 Å². The normalized spacial score (nSPS) is 23.1. The molecule has 0 aromatic carbocycles. The van der Waals surface area contributed by atoms with Crippen molar-refractivity contribution in [3.63, 3.8) is 0 Å². The number of thiocarbonyl (C=S) groups is 1. The zero-order valence-corrected chi connectivity index (χ0v) is 5.42. The maximum absolute atomic E-state index is 12.0. The summed E-state index contributed by atoms with van der Waals surface area (Å²) < 4.78 is 24.0. The van der Waals surface area contributed by atoms with Crippen molar-refractivity contribution in [1.29, 1.82) is 0 Å². The highest BCUT2D eigenvalue weighted by Gasteiger charge is 2.44. The second kappa shape index (κ2) is 1.76. The Morgan fingerprint density at radius 3 is 2.11 bits per heavy atom. The molecule has 9 heavy (non-hydrogen) atoms. The Morgan fingerprint density at radius 1 is 1.56 bits per heavy atom. The highest BCUT2D eigenvalue weighted by Crippen LogP contribution is 2.25. The zero-order chi connectivity index (χ0) is 7.07. The minimum Gasteiger partial charge on any atom is -0.376 e. The number of halogens is 2. The van der Waals surface area contributed by atoms with Crippen LogP contribution in [0.2, 0.25) is 0 Å². The summed E-state index contributed by atoms with van der Waals surface area (Å²) in [6.45, 7) is -0.634. The summed E-state index contributed by atoms with van der Waals surface area (Å²) in [6.07, 6.45) is 0. The monoisotopic (exact) mass is 152 g/mol. The van der Waals surface area contributed by atoms with E-state index in [-0.39, 0.29) is 18.2 Å². The summed E-state index contributed by atoms with van der Waals surface area (Å²) in [7, 11) is 0. The minimum atomic E-state index is -2.57. The summed E-state index contributed by atoms with van der Waals surface area (Å²) in [5.74, 6) is -2.57. The van der Waals surface area contributed by atoms with Crippen LogP contribution in [0.1, 0.15) is 0 Å². The molecule has 0 radical (unpaired) electrons. The number of rotatable bonds is 0. The van der Waals surface area contributed by atoms with E-state index in [4.69, 9.17) is 5.73 Å². The van der Waals surface area contributed by atoms with Crippen molar-refractivity contribution >= 4 is 17.3 Å². The van der Waals surface area contributed by atoms with Crippen LogP contribution in [0.3, 0.4) is 0 Å². The molecule has 0 unspecified atom stereocenters. The Labute approximate surface area is 56.6 Å². The molecular formula is C4H6F2N2S. The predicted molar refractivity (Wildman–Crippen MR) is 33.3 cm³/mol. The van der Waals surface area contributed by atoms with Gasteiger partial charge in [-0.2, -0.15) is 0 Å². The lowest BCUT2D eigenvalue weighted by molar-refractivity contribution is -0.100. The van der Waals surface area contributed by atoms with Crippen LogP contribution in [0.15, 0.2) is 0 Å². The Morgan fingerprint density at radius 2 is 2.00 bits per heavy atom. The van der Waals surface area contributed by atoms with Gasteiger partial charge in [-0.25, -0.2) is 8.78 Å². The first-order chi connectivity index (χ1) is 4.01. The molecule has 0 aliphatic carbocycles. The van der Waals surface area contributed by atoms with Crippen LogP contribution in [0.4, 0.5) is 8.78 Å². The lowest BCUT2D eigenvalue weighted by Crippen LogP contribution is -2.59. The van der Waals surface area contributed by atoms with Gasteiger partial charge >= 0.3 is 0 Å². The first-order valence-corrected chi connectivity index (χ1v) is 2.84. The first kappa shape index (κ1) is 6.67. The molecule has 0 aromatic rings. The molecule has 2 N–H and O–H groups in total. The molecule has 0 atom stereocenters. The number of alkyl halides is 2. The Hall–Kier alpha value is -0.450. The van der Waals surface area contributed by atoms with E-state index in [2.05, 4.69) is 12.2 Å². The number of hydrogen-bond acceptors (Lipinski definition) is 1. The largest absolute Gasteiger partial charge is 0.376 e. The van der Waals surface area contributed by atoms with E-state index in [9.17, 15) is 8.78 Å². The van der Waals surface area contributed by atoms with Gasteiger partial charge in [0.05, 0.1) is 13.1 Å². The molecule has 0 spiro atoms. The third-order valence-electron chi connectivity index (χ3n) is 1.16. The Kier molecular flexibility index (Phi) is 1.31. The van der Waals surface area contributed by atoms with Crippen LogP contribution in [-0.2, 0) is 0 Å². The van der Waals surface area contributed by atoms with Crippen molar-refractivity contribution in [1.82, 2.24) is 4.90 Å². The topological polar surface area (TPSA) is 29.3 Å². The third-order valence-corrected chi connectivity index (χ3v) is 1.41. The van der Waals surface area contributed by atoms with Crippen molar-refractivity contribution in [3.8, 4) is 0 Å². The molecule has 0 aromatic heterocycles. The van der Waals surface area contributed by atoms with E-state index in [1.807, 2.05) is 0 Å². The van der Waals surface area contributed by atoms with Gasteiger partial charge < -0.3 is 10.6 Å². The lowest BCUT2D eigenvalue weighted by atomic mass is 10.2. The average molecular weight is 152 g/mol. The summed E-state index contributed by atoms with van der Waals surface area (Å²) in [5.41, 5.74) is 5.04. The van der Waals surface area contributed by atoms with Crippen molar-refractivity contribution in [2.24, 2.45) is 5.73 Å². The lowest BCUT2D eigenvalue weighted by Gasteiger charge is -2.38. The van der Waals surface area contributed by atoms with Crippen LogP contribution >= 0.6 is 12.2 Å². The average Bonchev–Trinajstić information content (AvgIpc) is 1.59. The summed E-state index contributed by atoms with van der Waals surface area (Å²) >= 11 is 4.44. The van der Waals surface area contributed by atoms with Gasteiger partial charge in [0, 0.05) is 0 Å². The maximum atomic E-state index is 12.0. The number of nitrogens with two attached hydrogens (primary N) is 1. The van der Waals surface area contributed by atoms with E-state index < -0.39 is 5.92 Å². The molecular weight excluding hydrogens is 146 g/mol. The molecule has 0 bridgehead atoms. The Balaban J connectivity index is 2.35. The van der Waals surface area contributed by atoms with Gasteiger partial charge in [0.1, 0.15) is 0 Å². The van der Waals surface area contributed by atoms with E-state index >= 15 is 0 Å². The molecule has 1 fully saturated rings. The van der Waals surface area contributed by atoms with Crippen LogP contribution in [0.25, 0.3) is 0 Å². The van der Waals surface area contributed by atoms with Crippen molar-refractivity contribution < 1.29 is 8.78 Å². The SMILES string of the molecule is NC(=S)N1CC(F)(F)C1. The van der Waals surface area contributed by atoms with Gasteiger partial charge in [-0.1, -0.05) is 0 Å². The summed E-state index contributed by atoms with van der Waals surface area (Å²) in [4.78, 5) is 1.26. The smallest absolute Gasteiger partial charge is 0.282 e. The molecule has 1 aliphatic rings. The zero-order valence-electron chi connectivity index (χ0n) is 4.60. The summed E-state index contributed by atoms with van der Waals surface area (Å²) in [5, 5.41) is 0.0564. The molecule has 1 heterocycles. The highest BCUT2D eigenvalue weighted by atomic mass is 32.1. The van der Waals surface area contributed by atoms with Crippen LogP contribution < -0.4 is 5.73 Å². The van der Waals surface area contributed by atoms with Gasteiger partial charge in [-0.05, 0) is 12.2 Å². The fourth-order valence-corrected chi connectivity index (χ4v) is 0.797. The number of likely N-dealkylation sites (tertiary alicyclic amines) is 1. The third kappa shape index (κ3) is 1.27. The van der Waals surface area contributed by atoms with E-state index in [1.165, 1.54) is 4.90 Å². The Bertz CT molecular complexity index is 140. The molecule has 0 saturated carbocycles. The van der Waals surface area contributed by atoms with Gasteiger partial charge in [0.2, 0.25) is 0 Å². The van der Waals surface area contributed by atoms with Gasteiger partial charge in [0.15, 0.2) is 5.11 Å². The second-order valence-electron chi connectivity index (χ2n) is 2.05. The molecule has 1 rings (SSSR count). The number of hydrogen-bond donors (Lipinski definition) is 1. The molecule has 1 aliphatic heterocycles. The minimum absolute atomic E-state index is 0.0564. The first-order valence-electron chi connectivity index (χ1n) is 2.43. The number of nitrogens with zero attached hydrogens (tertiary/aromatic N) is 1. The van der Waals surface area contributed by atoms with Crippen molar-refractivity contribution in [2.75, 3.05) is 13.1 Å². The molecule has 5 heteroatoms. The molecule has 52 valence electrons. The maximum Gasteiger partial charge on any atom is 0.282 e. The highest BCUT2D eigenvalue weighted by molar-refractivity contribution is 7.80. The van der Waals surface area contributed by atoms with Crippen molar-refractivity contribution in [2.45, 2.75) is 5.92 Å². The van der Waals surface area contributed by atoms with Crippen LogP contribution in [0, 0.1) is 0 Å². The summed E-state index contributed by atoms with van der Waals surface area (Å²) in [6, 6.07) is 0. The van der Waals surface area contributed by atoms with Crippen LogP contribution in [-0.4, -0.2) is 29.0 Å². The standard InChI is InChI=1S/C4H6F2N2S/c5-4(6)1-8(2-4)3(7)9/h1-2H2,(H2,7,9). The quantitative estimate of drug-likeness (QED) is 0.502. The van der Waals surface area contributed by atoms with Crippen molar-refractivity contribution in [3.05, 3.63) is 0 Å². The molecule has 1 saturated heterocycles. The van der Waals surface area contributed by atoms with Gasteiger partial charge in [0.25, 0.3) is 5.92 Å². The molecule has 2 nitrogen and oxygen atoms in total. The fraction of sp³-hybridized carbons (Fsp3) is 0.750. The second-order valence-corrected chi connectivity index (χ2v) is 2.47. The van der Waals surface area contributed by atoms with E-state index in [0.29, 0.717) is 0 Å². The fourth-order valence-electron chi connectivity index (χ4n) is 0.668. The van der Waals surface area contributed by atoms with E-state index in [0.717, 1.165) is 0 Å². The predicted octanol–water partition coefficient (Wildman–Crippen LogP) is 0.181. The van der Waals surface area contributed by atoms with Gasteiger partial charge in [-0.15, -0.1) is 0 Å². The van der Waals surface area contributed by atoms with Gasteiger partial charge in [-0.3, -0.25) is 0 Å². The van der Waals surface area contributed by atoms with E-state index in [1.54, 1.807) is 0 Å².